The highest BCUT2D eigenvalue weighted by molar-refractivity contribution is 6.29. The number of carbonyl (C=O) groups is 1. The molecule has 3 heterocycles. The topological polar surface area (TPSA) is 47.4 Å². The number of pyridine rings is 1. The summed E-state index contributed by atoms with van der Waals surface area (Å²) in [6.45, 7) is 13.3. The first-order chi connectivity index (χ1) is 16.9. The molecule has 0 saturated heterocycles. The molecule has 1 unspecified atom stereocenters. The number of carbonyl (C=O) groups excluding carboxylic acids is 1. The largest absolute Gasteiger partial charge is 0.439 e. The molecular formula is C29H30ClN3O2. The lowest BCUT2D eigenvalue weighted by Crippen LogP contribution is -2.32. The number of fused-ring (bicyclic) bond motifs is 2. The molecule has 0 fully saturated rings. The van der Waals surface area contributed by atoms with Crippen LogP contribution in [0.3, 0.4) is 0 Å². The zero-order chi connectivity index (χ0) is 24.9. The number of para-hydroxylation sites is 1. The first kappa shape index (κ1) is 23.4. The quantitative estimate of drug-likeness (QED) is 0.226. The summed E-state index contributed by atoms with van der Waals surface area (Å²) in [4.78, 5) is 20.0. The van der Waals surface area contributed by atoms with Crippen LogP contribution in [0.15, 0.2) is 54.6 Å². The van der Waals surface area contributed by atoms with E-state index in [4.69, 9.17) is 16.3 Å². The molecule has 0 aliphatic carbocycles. The maximum atomic E-state index is 13.3. The van der Waals surface area contributed by atoms with E-state index in [1.165, 1.54) is 0 Å². The van der Waals surface area contributed by atoms with Gasteiger partial charge in [-0.3, -0.25) is 0 Å². The Kier molecular flexibility index (Phi) is 5.84. The van der Waals surface area contributed by atoms with E-state index in [1.807, 2.05) is 18.2 Å². The van der Waals surface area contributed by atoms with Crippen molar-refractivity contribution in [2.75, 3.05) is 18.0 Å². The number of cyclic esters (lactones) is 1. The van der Waals surface area contributed by atoms with Gasteiger partial charge in [0.1, 0.15) is 5.15 Å². The van der Waals surface area contributed by atoms with Crippen LogP contribution in [-0.2, 0) is 16.9 Å². The van der Waals surface area contributed by atoms with Gasteiger partial charge in [-0.1, -0.05) is 35.9 Å². The van der Waals surface area contributed by atoms with E-state index in [9.17, 15) is 4.79 Å². The molecule has 4 aromatic rings. The minimum atomic E-state index is -1.13. The van der Waals surface area contributed by atoms with Gasteiger partial charge in [-0.15, -0.1) is 0 Å². The van der Waals surface area contributed by atoms with Gasteiger partial charge >= 0.3 is 5.97 Å². The molecule has 0 radical (unpaired) electrons. The monoisotopic (exact) mass is 487 g/mol. The van der Waals surface area contributed by atoms with Gasteiger partial charge < -0.3 is 14.2 Å². The molecule has 0 saturated carbocycles. The molecule has 5 rings (SSSR count). The number of hydrogen-bond acceptors (Lipinski definition) is 4. The summed E-state index contributed by atoms with van der Waals surface area (Å²) in [5, 5.41) is 1.34. The Morgan fingerprint density at radius 3 is 2.40 bits per heavy atom. The highest BCUT2D eigenvalue weighted by Gasteiger charge is 2.52. The van der Waals surface area contributed by atoms with E-state index >= 15 is 0 Å². The summed E-state index contributed by atoms with van der Waals surface area (Å²) >= 11 is 6.22. The van der Waals surface area contributed by atoms with Crippen LogP contribution in [0.5, 0.6) is 0 Å². The lowest BCUT2D eigenvalue weighted by Gasteiger charge is -2.33. The second-order valence-corrected chi connectivity index (χ2v) is 9.38. The lowest BCUT2D eigenvalue weighted by atomic mass is 9.77. The smallest absolute Gasteiger partial charge is 0.359 e. The number of hydrogen-bond donors (Lipinski definition) is 0. The molecule has 2 aromatic heterocycles. The van der Waals surface area contributed by atoms with E-state index < -0.39 is 11.6 Å². The van der Waals surface area contributed by atoms with E-state index in [0.29, 0.717) is 0 Å². The minimum Gasteiger partial charge on any atom is -0.439 e. The van der Waals surface area contributed by atoms with Crippen LogP contribution in [0.1, 0.15) is 59.2 Å². The molecule has 1 aliphatic rings. The second kappa shape index (κ2) is 8.72. The van der Waals surface area contributed by atoms with Crippen molar-refractivity contribution < 1.29 is 9.53 Å². The van der Waals surface area contributed by atoms with Crippen LogP contribution in [0.25, 0.3) is 10.9 Å². The predicted octanol–water partition coefficient (Wildman–Crippen LogP) is 6.63. The third-order valence-corrected chi connectivity index (χ3v) is 7.51. The number of anilines is 1. The summed E-state index contributed by atoms with van der Waals surface area (Å²) in [6.07, 6.45) is 0. The number of rotatable bonds is 6. The molecule has 0 amide bonds. The standard InChI is InChI=1S/C29H30ClN3O2/c1-6-32(7-2)20-13-14-22(18(4)17-20)29(23-15-16-25(30)31-27(23)28(34)35-29)26-19(5)33(8-3)24-12-10-9-11-21(24)26/h9-17H,6-8H2,1-5H3. The van der Waals surface area contributed by atoms with Gasteiger partial charge in [0.2, 0.25) is 0 Å². The Morgan fingerprint density at radius 2 is 1.71 bits per heavy atom. The Labute approximate surface area is 211 Å². The minimum absolute atomic E-state index is 0.275. The number of esters is 1. The number of benzene rings is 2. The van der Waals surface area contributed by atoms with Crippen LogP contribution in [0, 0.1) is 13.8 Å². The fraction of sp³-hybridized carbons (Fsp3) is 0.310. The van der Waals surface area contributed by atoms with Gasteiger partial charge in [0.15, 0.2) is 11.3 Å². The summed E-state index contributed by atoms with van der Waals surface area (Å²) in [5.74, 6) is -0.456. The maximum absolute atomic E-state index is 13.3. The Hall–Kier alpha value is -3.31. The van der Waals surface area contributed by atoms with Crippen molar-refractivity contribution in [1.82, 2.24) is 9.55 Å². The van der Waals surface area contributed by atoms with Crippen LogP contribution in [0.2, 0.25) is 5.15 Å². The SMILES string of the molecule is CCN(CC)c1ccc(C2(c3c(C)n(CC)c4ccccc34)OC(=O)c3nc(Cl)ccc32)c(C)c1. The summed E-state index contributed by atoms with van der Waals surface area (Å²) in [7, 11) is 0. The zero-order valence-corrected chi connectivity index (χ0v) is 21.6. The number of aromatic nitrogens is 2. The van der Waals surface area contributed by atoms with Gasteiger partial charge in [0, 0.05) is 58.6 Å². The summed E-state index contributed by atoms with van der Waals surface area (Å²) in [6, 6.07) is 18.4. The van der Waals surface area contributed by atoms with Crippen molar-refractivity contribution in [2.24, 2.45) is 0 Å². The van der Waals surface area contributed by atoms with Crippen LogP contribution in [-0.4, -0.2) is 28.6 Å². The molecule has 6 heteroatoms. The first-order valence-corrected chi connectivity index (χ1v) is 12.6. The van der Waals surface area contributed by atoms with Gasteiger partial charge in [-0.05, 0) is 70.5 Å². The van der Waals surface area contributed by atoms with Gasteiger partial charge in [0.25, 0.3) is 0 Å². The fourth-order valence-corrected chi connectivity index (χ4v) is 5.90. The third kappa shape index (κ3) is 3.36. The molecular weight excluding hydrogens is 458 g/mol. The van der Waals surface area contributed by atoms with Crippen molar-refractivity contribution in [3.05, 3.63) is 93.4 Å². The highest BCUT2D eigenvalue weighted by Crippen LogP contribution is 2.51. The molecule has 180 valence electrons. The molecule has 2 aromatic carbocycles. The van der Waals surface area contributed by atoms with Crippen molar-refractivity contribution in [3.8, 4) is 0 Å². The molecule has 5 nitrogen and oxygen atoms in total. The van der Waals surface area contributed by atoms with Crippen LogP contribution < -0.4 is 4.90 Å². The van der Waals surface area contributed by atoms with Gasteiger partial charge in [-0.25, -0.2) is 9.78 Å². The Morgan fingerprint density at radius 1 is 1.00 bits per heavy atom. The zero-order valence-electron chi connectivity index (χ0n) is 20.9. The summed E-state index contributed by atoms with van der Waals surface area (Å²) < 4.78 is 8.72. The van der Waals surface area contributed by atoms with Crippen LogP contribution >= 0.6 is 11.6 Å². The van der Waals surface area contributed by atoms with Crippen LogP contribution in [0.4, 0.5) is 5.69 Å². The van der Waals surface area contributed by atoms with Crippen molar-refractivity contribution in [2.45, 2.75) is 46.8 Å². The molecule has 1 aliphatic heterocycles. The van der Waals surface area contributed by atoms with Crippen molar-refractivity contribution in [3.63, 3.8) is 0 Å². The number of ether oxygens (including phenoxy) is 1. The maximum Gasteiger partial charge on any atom is 0.359 e. The van der Waals surface area contributed by atoms with Gasteiger partial charge in [-0.2, -0.15) is 0 Å². The Balaban J connectivity index is 1.89. The van der Waals surface area contributed by atoms with E-state index in [1.54, 1.807) is 6.07 Å². The number of nitrogens with zero attached hydrogens (tertiary/aromatic N) is 3. The molecule has 0 spiro atoms. The normalized spacial score (nSPS) is 17.0. The lowest BCUT2D eigenvalue weighted by molar-refractivity contribution is 0.0249. The second-order valence-electron chi connectivity index (χ2n) is 8.99. The van der Waals surface area contributed by atoms with E-state index in [2.05, 4.69) is 79.4 Å². The summed E-state index contributed by atoms with van der Waals surface area (Å²) in [5.41, 5.74) is 6.18. The third-order valence-electron chi connectivity index (χ3n) is 7.30. The molecule has 0 bridgehead atoms. The van der Waals surface area contributed by atoms with Gasteiger partial charge in [0.05, 0.1) is 0 Å². The van der Waals surface area contributed by atoms with Crippen molar-refractivity contribution in [1.29, 1.82) is 0 Å². The van der Waals surface area contributed by atoms with E-state index in [0.717, 1.165) is 64.2 Å². The average Bonchev–Trinajstić information content (AvgIpc) is 3.30. The predicted molar refractivity (Wildman–Crippen MR) is 142 cm³/mol. The number of aryl methyl sites for hydroxylation is 2. The average molecular weight is 488 g/mol. The van der Waals surface area contributed by atoms with Crippen molar-refractivity contribution >= 4 is 34.2 Å². The Bertz CT molecular complexity index is 1450. The first-order valence-electron chi connectivity index (χ1n) is 12.2. The number of halogens is 1. The molecule has 0 N–H and O–H groups in total. The molecule has 35 heavy (non-hydrogen) atoms. The highest BCUT2D eigenvalue weighted by atomic mass is 35.5. The van der Waals surface area contributed by atoms with E-state index in [-0.39, 0.29) is 10.8 Å². The molecule has 1 atom stereocenters. The fourth-order valence-electron chi connectivity index (χ4n) is 5.75.